The summed E-state index contributed by atoms with van der Waals surface area (Å²) in [5, 5.41) is 13.0. The summed E-state index contributed by atoms with van der Waals surface area (Å²) >= 11 is 1.31. The molecule has 2 rings (SSSR count). The lowest BCUT2D eigenvalue weighted by atomic mass is 10.1. The van der Waals surface area contributed by atoms with Gasteiger partial charge in [-0.2, -0.15) is 0 Å². The molecule has 2 aromatic rings. The highest BCUT2D eigenvalue weighted by molar-refractivity contribution is 7.13. The first-order chi connectivity index (χ1) is 8.49. The minimum atomic E-state index is -0.442. The monoisotopic (exact) mass is 262 g/mol. The average Bonchev–Trinajstić information content (AvgIpc) is 2.78. The number of hydrogen-bond acceptors (Lipinski definition) is 5. The smallest absolute Gasteiger partial charge is 0.270 e. The van der Waals surface area contributed by atoms with Gasteiger partial charge >= 0.3 is 0 Å². The van der Waals surface area contributed by atoms with Crippen LogP contribution in [0.15, 0.2) is 23.6 Å². The summed E-state index contributed by atoms with van der Waals surface area (Å²) < 4.78 is 0. The topological polar surface area (TPSA) is 73.1 Å². The van der Waals surface area contributed by atoms with Crippen LogP contribution < -0.4 is 0 Å². The number of nitrogens with zero attached hydrogens (tertiary/aromatic N) is 2. The third kappa shape index (κ3) is 2.28. The molecule has 0 aliphatic heterocycles. The largest absolute Gasteiger partial charge is 0.293 e. The van der Waals surface area contributed by atoms with Crippen molar-refractivity contribution in [1.82, 2.24) is 4.98 Å². The second-order valence-corrected chi connectivity index (χ2v) is 4.71. The number of nitro benzene ring substituents is 1. The maximum Gasteiger partial charge on any atom is 0.270 e. The van der Waals surface area contributed by atoms with Gasteiger partial charge in [-0.15, -0.1) is 11.3 Å². The highest BCUT2D eigenvalue weighted by Crippen LogP contribution is 2.30. The first kappa shape index (κ1) is 12.4. The van der Waals surface area contributed by atoms with E-state index in [-0.39, 0.29) is 11.5 Å². The predicted octanol–water partition coefficient (Wildman–Crippen LogP) is 3.23. The highest BCUT2D eigenvalue weighted by Gasteiger charge is 2.14. The van der Waals surface area contributed by atoms with Crippen LogP contribution in [0.3, 0.4) is 0 Å². The maximum atomic E-state index is 11.2. The lowest BCUT2D eigenvalue weighted by Gasteiger charge is -2.01. The van der Waals surface area contributed by atoms with Crippen LogP contribution >= 0.6 is 11.3 Å². The van der Waals surface area contributed by atoms with Gasteiger partial charge in [-0.05, 0) is 12.5 Å². The third-order valence-electron chi connectivity index (χ3n) is 2.53. The molecule has 18 heavy (non-hydrogen) atoms. The summed E-state index contributed by atoms with van der Waals surface area (Å²) in [5.74, 6) is -0.111. The first-order valence-corrected chi connectivity index (χ1v) is 6.09. The van der Waals surface area contributed by atoms with E-state index in [1.807, 2.05) is 6.92 Å². The Morgan fingerprint density at radius 1 is 1.44 bits per heavy atom. The molecule has 92 valence electrons. The molecule has 0 bridgehead atoms. The molecule has 1 aromatic heterocycles. The van der Waals surface area contributed by atoms with Crippen LogP contribution in [0.1, 0.15) is 23.0 Å². The van der Waals surface area contributed by atoms with Crippen molar-refractivity contribution in [1.29, 1.82) is 0 Å². The molecule has 0 spiro atoms. The molecule has 0 saturated heterocycles. The minimum Gasteiger partial charge on any atom is -0.293 e. The van der Waals surface area contributed by atoms with Crippen LogP contribution in [0.4, 0.5) is 5.69 Å². The molecule has 0 radical (unpaired) electrons. The van der Waals surface area contributed by atoms with Crippen molar-refractivity contribution >= 4 is 22.8 Å². The van der Waals surface area contributed by atoms with Gasteiger partial charge in [0.1, 0.15) is 10.7 Å². The summed E-state index contributed by atoms with van der Waals surface area (Å²) in [6.07, 6.45) is 0. The standard InChI is InChI=1S/C12H10N2O3S/c1-7-3-4-9(14(16)17)5-10(7)12-13-11(6-18-12)8(2)15/h3-6H,1-2H3. The van der Waals surface area contributed by atoms with E-state index in [4.69, 9.17) is 0 Å². The average molecular weight is 262 g/mol. The molecule has 1 aromatic carbocycles. The van der Waals surface area contributed by atoms with E-state index in [2.05, 4.69) is 4.98 Å². The molecule has 0 saturated carbocycles. The van der Waals surface area contributed by atoms with Crippen molar-refractivity contribution in [3.05, 3.63) is 45.0 Å². The van der Waals surface area contributed by atoms with Crippen LogP contribution in [0.25, 0.3) is 10.6 Å². The molecule has 1 heterocycles. The number of Topliss-reactive ketones (excluding diaryl/α,β-unsaturated/α-hetero) is 1. The normalized spacial score (nSPS) is 10.3. The Labute approximate surface area is 107 Å². The Kier molecular flexibility index (Phi) is 3.20. The zero-order valence-corrected chi connectivity index (χ0v) is 10.7. The quantitative estimate of drug-likeness (QED) is 0.483. The van der Waals surface area contributed by atoms with Gasteiger partial charge < -0.3 is 0 Å². The van der Waals surface area contributed by atoms with Gasteiger partial charge in [-0.25, -0.2) is 4.98 Å². The maximum absolute atomic E-state index is 11.2. The van der Waals surface area contributed by atoms with E-state index in [9.17, 15) is 14.9 Å². The molecule has 0 amide bonds. The Bertz CT molecular complexity index is 634. The van der Waals surface area contributed by atoms with E-state index < -0.39 is 4.92 Å². The molecule has 0 fully saturated rings. The lowest BCUT2D eigenvalue weighted by Crippen LogP contribution is -1.93. The number of thiazole rings is 1. The molecule has 0 aliphatic rings. The SMILES string of the molecule is CC(=O)c1csc(-c2cc([N+](=O)[O-])ccc2C)n1. The predicted molar refractivity (Wildman–Crippen MR) is 68.9 cm³/mol. The van der Waals surface area contributed by atoms with Crippen LogP contribution in [0, 0.1) is 17.0 Å². The number of aromatic nitrogens is 1. The first-order valence-electron chi connectivity index (χ1n) is 5.21. The molecular weight excluding hydrogens is 252 g/mol. The Morgan fingerprint density at radius 3 is 2.72 bits per heavy atom. The van der Waals surface area contributed by atoms with Crippen molar-refractivity contribution in [3.8, 4) is 10.6 Å². The second kappa shape index (κ2) is 4.66. The van der Waals surface area contributed by atoms with Crippen LogP contribution in [0.2, 0.25) is 0 Å². The zero-order chi connectivity index (χ0) is 13.3. The molecule has 0 atom stereocenters. The summed E-state index contributed by atoms with van der Waals surface area (Å²) in [7, 11) is 0. The van der Waals surface area contributed by atoms with Gasteiger partial charge in [-0.1, -0.05) is 6.07 Å². The van der Waals surface area contributed by atoms with Crippen molar-refractivity contribution in [2.24, 2.45) is 0 Å². The number of benzene rings is 1. The number of nitro groups is 1. The molecular formula is C12H10N2O3S. The molecule has 6 heteroatoms. The molecule has 5 nitrogen and oxygen atoms in total. The van der Waals surface area contributed by atoms with Gasteiger partial charge in [0.2, 0.25) is 0 Å². The van der Waals surface area contributed by atoms with Gasteiger partial charge in [0.25, 0.3) is 5.69 Å². The van der Waals surface area contributed by atoms with Gasteiger partial charge in [0.05, 0.1) is 4.92 Å². The van der Waals surface area contributed by atoms with Crippen molar-refractivity contribution in [3.63, 3.8) is 0 Å². The van der Waals surface area contributed by atoms with Gasteiger partial charge in [0.15, 0.2) is 5.78 Å². The number of rotatable bonds is 3. The van der Waals surface area contributed by atoms with E-state index >= 15 is 0 Å². The van der Waals surface area contributed by atoms with Crippen molar-refractivity contribution in [2.75, 3.05) is 0 Å². The Hall–Kier alpha value is -2.08. The van der Waals surface area contributed by atoms with Crippen LogP contribution in [0.5, 0.6) is 0 Å². The van der Waals surface area contributed by atoms with E-state index in [0.29, 0.717) is 16.3 Å². The molecule has 0 N–H and O–H groups in total. The van der Waals surface area contributed by atoms with Crippen molar-refractivity contribution < 1.29 is 9.72 Å². The fraction of sp³-hybridized carbons (Fsp3) is 0.167. The number of hydrogen-bond donors (Lipinski definition) is 0. The number of carbonyl (C=O) groups is 1. The second-order valence-electron chi connectivity index (χ2n) is 3.85. The van der Waals surface area contributed by atoms with Gasteiger partial charge in [0, 0.05) is 30.0 Å². The Balaban J connectivity index is 2.51. The van der Waals surface area contributed by atoms with Gasteiger partial charge in [-0.3, -0.25) is 14.9 Å². The number of carbonyl (C=O) groups excluding carboxylic acids is 1. The van der Waals surface area contributed by atoms with E-state index in [0.717, 1.165) is 5.56 Å². The number of aryl methyl sites for hydroxylation is 1. The lowest BCUT2D eigenvalue weighted by molar-refractivity contribution is -0.384. The summed E-state index contributed by atoms with van der Waals surface area (Å²) in [6, 6.07) is 4.62. The fourth-order valence-corrected chi connectivity index (χ4v) is 2.45. The van der Waals surface area contributed by atoms with Crippen LogP contribution in [-0.2, 0) is 0 Å². The summed E-state index contributed by atoms with van der Waals surface area (Å²) in [5.41, 5.74) is 2.00. The molecule has 0 aliphatic carbocycles. The van der Waals surface area contributed by atoms with E-state index in [1.54, 1.807) is 11.4 Å². The zero-order valence-electron chi connectivity index (χ0n) is 9.84. The summed E-state index contributed by atoms with van der Waals surface area (Å²) in [4.78, 5) is 25.7. The molecule has 0 unspecified atom stereocenters. The van der Waals surface area contributed by atoms with Crippen LogP contribution in [-0.4, -0.2) is 15.7 Å². The number of ketones is 1. The van der Waals surface area contributed by atoms with E-state index in [1.165, 1.54) is 30.4 Å². The highest BCUT2D eigenvalue weighted by atomic mass is 32.1. The van der Waals surface area contributed by atoms with Crippen molar-refractivity contribution in [2.45, 2.75) is 13.8 Å². The Morgan fingerprint density at radius 2 is 2.17 bits per heavy atom. The summed E-state index contributed by atoms with van der Waals surface area (Å²) in [6.45, 7) is 3.30. The number of non-ortho nitro benzene ring substituents is 1. The minimum absolute atomic E-state index is 0.0233. The third-order valence-corrected chi connectivity index (χ3v) is 3.40. The fourth-order valence-electron chi connectivity index (χ4n) is 1.51.